The normalized spacial score (nSPS) is 14.8. The summed E-state index contributed by atoms with van der Waals surface area (Å²) in [4.78, 5) is 36.8. The Morgan fingerprint density at radius 3 is 2.41 bits per heavy atom. The second kappa shape index (κ2) is 7.61. The number of likely N-dealkylation sites (tertiary alicyclic amines) is 1. The molecule has 0 saturated carbocycles. The smallest absolute Gasteiger partial charge is 0.270 e. The largest absolute Gasteiger partial charge is 0.339 e. The third-order valence-electron chi connectivity index (χ3n) is 4.65. The summed E-state index contributed by atoms with van der Waals surface area (Å²) in [6.45, 7) is 0.557. The first-order valence-electron chi connectivity index (χ1n) is 8.40. The third kappa shape index (κ3) is 3.99. The van der Waals surface area contributed by atoms with Gasteiger partial charge in [-0.05, 0) is 31.0 Å². The quantitative estimate of drug-likeness (QED) is 0.465. The molecule has 8 heteroatoms. The Labute approximate surface area is 153 Å². The van der Waals surface area contributed by atoms with E-state index in [9.17, 15) is 28.5 Å². The van der Waals surface area contributed by atoms with Gasteiger partial charge in [0.15, 0.2) is 5.78 Å². The van der Waals surface area contributed by atoms with Gasteiger partial charge in [-0.1, -0.05) is 6.07 Å². The SMILES string of the molecule is O=C(c1ccc(F)cc1F)C1CCN(C(=O)c2cccc([N+](=O)[O-])c2)CC1. The number of nitrogens with zero attached hydrogens (tertiary/aromatic N) is 2. The van der Waals surface area contributed by atoms with Crippen molar-refractivity contribution in [3.05, 3.63) is 75.3 Å². The second-order valence-corrected chi connectivity index (χ2v) is 6.36. The second-order valence-electron chi connectivity index (χ2n) is 6.36. The predicted molar refractivity (Wildman–Crippen MR) is 92.4 cm³/mol. The molecule has 2 aromatic carbocycles. The Bertz CT molecular complexity index is 908. The average Bonchev–Trinajstić information content (AvgIpc) is 2.67. The number of nitro groups is 1. The summed E-state index contributed by atoms with van der Waals surface area (Å²) in [5.74, 6) is -2.86. The highest BCUT2D eigenvalue weighted by Gasteiger charge is 2.30. The zero-order valence-corrected chi connectivity index (χ0v) is 14.2. The van der Waals surface area contributed by atoms with E-state index in [1.807, 2.05) is 0 Å². The van der Waals surface area contributed by atoms with Gasteiger partial charge in [0.2, 0.25) is 0 Å². The molecule has 6 nitrogen and oxygen atoms in total. The lowest BCUT2D eigenvalue weighted by Crippen LogP contribution is -2.40. The van der Waals surface area contributed by atoms with Gasteiger partial charge in [-0.15, -0.1) is 0 Å². The Kier molecular flexibility index (Phi) is 5.25. The number of non-ortho nitro benzene ring substituents is 1. The molecule has 1 aliphatic rings. The molecule has 27 heavy (non-hydrogen) atoms. The van der Waals surface area contributed by atoms with Crippen LogP contribution in [0.25, 0.3) is 0 Å². The summed E-state index contributed by atoms with van der Waals surface area (Å²) in [6, 6.07) is 8.31. The van der Waals surface area contributed by atoms with Crippen molar-refractivity contribution in [3.8, 4) is 0 Å². The van der Waals surface area contributed by atoms with Crippen molar-refractivity contribution in [2.45, 2.75) is 12.8 Å². The van der Waals surface area contributed by atoms with Gasteiger partial charge in [-0.25, -0.2) is 8.78 Å². The van der Waals surface area contributed by atoms with Crippen molar-refractivity contribution >= 4 is 17.4 Å². The third-order valence-corrected chi connectivity index (χ3v) is 4.65. The van der Waals surface area contributed by atoms with E-state index in [1.54, 1.807) is 0 Å². The molecule has 0 atom stereocenters. The Morgan fingerprint density at radius 1 is 1.07 bits per heavy atom. The number of nitro benzene ring substituents is 1. The standard InChI is InChI=1S/C19H16F2N2O4/c20-14-4-5-16(17(21)11-14)18(24)12-6-8-22(9-7-12)19(25)13-2-1-3-15(10-13)23(26)27/h1-5,10-12H,6-9H2. The number of hydrogen-bond donors (Lipinski definition) is 0. The molecule has 0 bridgehead atoms. The molecule has 3 rings (SSSR count). The maximum Gasteiger partial charge on any atom is 0.270 e. The van der Waals surface area contributed by atoms with Crippen molar-refractivity contribution < 1.29 is 23.3 Å². The number of amides is 1. The summed E-state index contributed by atoms with van der Waals surface area (Å²) in [7, 11) is 0. The summed E-state index contributed by atoms with van der Waals surface area (Å²) >= 11 is 0. The van der Waals surface area contributed by atoms with Gasteiger partial charge in [-0.3, -0.25) is 19.7 Å². The van der Waals surface area contributed by atoms with E-state index in [4.69, 9.17) is 0 Å². The summed E-state index contributed by atoms with van der Waals surface area (Å²) in [6.07, 6.45) is 0.687. The fourth-order valence-corrected chi connectivity index (χ4v) is 3.19. The van der Waals surface area contributed by atoms with Crippen molar-refractivity contribution in [3.63, 3.8) is 0 Å². The first-order chi connectivity index (χ1) is 12.9. The van der Waals surface area contributed by atoms with Gasteiger partial charge in [0, 0.05) is 42.8 Å². The van der Waals surface area contributed by atoms with Crippen molar-refractivity contribution in [1.82, 2.24) is 4.90 Å². The lowest BCUT2D eigenvalue weighted by atomic mass is 9.88. The minimum Gasteiger partial charge on any atom is -0.339 e. The number of piperidine rings is 1. The molecule has 1 fully saturated rings. The fourth-order valence-electron chi connectivity index (χ4n) is 3.19. The molecule has 0 N–H and O–H groups in total. The molecule has 140 valence electrons. The van der Waals surface area contributed by atoms with Crippen LogP contribution in [-0.4, -0.2) is 34.6 Å². The Morgan fingerprint density at radius 2 is 1.78 bits per heavy atom. The van der Waals surface area contributed by atoms with E-state index >= 15 is 0 Å². The van der Waals surface area contributed by atoms with Gasteiger partial charge in [0.05, 0.1) is 10.5 Å². The number of ketones is 1. The van der Waals surface area contributed by atoms with Crippen LogP contribution in [-0.2, 0) is 0 Å². The van der Waals surface area contributed by atoms with Crippen LogP contribution in [0.5, 0.6) is 0 Å². The number of benzene rings is 2. The fraction of sp³-hybridized carbons (Fsp3) is 0.263. The van der Waals surface area contributed by atoms with E-state index in [1.165, 1.54) is 29.2 Å². The minimum absolute atomic E-state index is 0.153. The molecule has 1 heterocycles. The van der Waals surface area contributed by atoms with E-state index < -0.39 is 28.3 Å². The van der Waals surface area contributed by atoms with Gasteiger partial charge in [-0.2, -0.15) is 0 Å². The van der Waals surface area contributed by atoms with Crippen LogP contribution in [0, 0.1) is 27.7 Å². The van der Waals surface area contributed by atoms with Crippen molar-refractivity contribution in [2.75, 3.05) is 13.1 Å². The van der Waals surface area contributed by atoms with Crippen molar-refractivity contribution in [2.24, 2.45) is 5.92 Å². The number of carbonyl (C=O) groups is 2. The highest BCUT2D eigenvalue weighted by atomic mass is 19.1. The van der Waals surface area contributed by atoms with Crippen LogP contribution >= 0.6 is 0 Å². The number of hydrogen-bond acceptors (Lipinski definition) is 4. The van der Waals surface area contributed by atoms with E-state index in [0.29, 0.717) is 18.9 Å². The highest BCUT2D eigenvalue weighted by molar-refractivity contribution is 5.98. The molecular formula is C19H16F2N2O4. The first kappa shape index (κ1) is 18.6. The molecule has 0 spiro atoms. The molecule has 1 saturated heterocycles. The number of rotatable bonds is 4. The maximum absolute atomic E-state index is 13.8. The molecule has 0 radical (unpaired) electrons. The molecule has 0 aliphatic carbocycles. The van der Waals surface area contributed by atoms with Crippen LogP contribution in [0.3, 0.4) is 0 Å². The first-order valence-corrected chi connectivity index (χ1v) is 8.40. The Hall–Kier alpha value is -3.16. The van der Waals surface area contributed by atoms with Crippen LogP contribution in [0.2, 0.25) is 0 Å². The zero-order chi connectivity index (χ0) is 19.6. The molecule has 0 unspecified atom stereocenters. The summed E-state index contributed by atoms with van der Waals surface area (Å²) < 4.78 is 26.8. The van der Waals surface area contributed by atoms with Gasteiger partial charge in [0.1, 0.15) is 11.6 Å². The van der Waals surface area contributed by atoms with Crippen LogP contribution in [0.4, 0.5) is 14.5 Å². The monoisotopic (exact) mass is 374 g/mol. The molecule has 0 aromatic heterocycles. The van der Waals surface area contributed by atoms with Gasteiger partial charge < -0.3 is 4.90 Å². The van der Waals surface area contributed by atoms with Crippen LogP contribution in [0.1, 0.15) is 33.6 Å². The van der Waals surface area contributed by atoms with Gasteiger partial charge >= 0.3 is 0 Å². The zero-order valence-electron chi connectivity index (χ0n) is 14.2. The Balaban J connectivity index is 1.66. The highest BCUT2D eigenvalue weighted by Crippen LogP contribution is 2.25. The number of Topliss-reactive ketones (excluding diaryl/α,β-unsaturated/α-hetero) is 1. The van der Waals surface area contributed by atoms with E-state index in [0.717, 1.165) is 12.1 Å². The van der Waals surface area contributed by atoms with E-state index in [-0.39, 0.29) is 35.8 Å². The summed E-state index contributed by atoms with van der Waals surface area (Å²) in [5, 5.41) is 10.8. The van der Waals surface area contributed by atoms with E-state index in [2.05, 4.69) is 0 Å². The minimum atomic E-state index is -0.893. The lowest BCUT2D eigenvalue weighted by molar-refractivity contribution is -0.384. The summed E-state index contributed by atoms with van der Waals surface area (Å²) in [5.41, 5.74) is -0.115. The molecule has 2 aromatic rings. The molecular weight excluding hydrogens is 358 g/mol. The van der Waals surface area contributed by atoms with Crippen LogP contribution < -0.4 is 0 Å². The number of carbonyl (C=O) groups excluding carboxylic acids is 2. The predicted octanol–water partition coefficient (Wildman–Crippen LogP) is 3.61. The maximum atomic E-state index is 13.8. The van der Waals surface area contributed by atoms with Crippen LogP contribution in [0.15, 0.2) is 42.5 Å². The molecule has 1 amide bonds. The number of halogens is 2. The van der Waals surface area contributed by atoms with Gasteiger partial charge in [0.25, 0.3) is 11.6 Å². The van der Waals surface area contributed by atoms with Crippen molar-refractivity contribution in [1.29, 1.82) is 0 Å². The topological polar surface area (TPSA) is 80.5 Å². The molecule has 1 aliphatic heterocycles. The average molecular weight is 374 g/mol. The lowest BCUT2D eigenvalue weighted by Gasteiger charge is -2.31.